The maximum absolute atomic E-state index is 11.0. The van der Waals surface area contributed by atoms with Crippen LogP contribution in [0.5, 0.6) is 0 Å². The van der Waals surface area contributed by atoms with Gasteiger partial charge in [-0.15, -0.1) is 0 Å². The van der Waals surface area contributed by atoms with Gasteiger partial charge in [0, 0.05) is 20.0 Å². The van der Waals surface area contributed by atoms with Crippen molar-refractivity contribution in [1.29, 1.82) is 0 Å². The summed E-state index contributed by atoms with van der Waals surface area (Å²) in [5, 5.41) is 0. The van der Waals surface area contributed by atoms with Crippen molar-refractivity contribution in [2.75, 3.05) is 21.2 Å². The third-order valence-corrected chi connectivity index (χ3v) is 3.10. The molecule has 0 bridgehead atoms. The number of amides is 1. The van der Waals surface area contributed by atoms with E-state index in [1.807, 2.05) is 34.6 Å². The molecule has 4 nitrogen and oxygen atoms in total. The molecule has 18 heavy (non-hydrogen) atoms. The van der Waals surface area contributed by atoms with Crippen LogP contribution in [0.2, 0.25) is 0 Å². The lowest BCUT2D eigenvalue weighted by atomic mass is 9.91. The average molecular weight is 259 g/mol. The fourth-order valence-corrected chi connectivity index (χ4v) is 1.04. The quantitative estimate of drug-likeness (QED) is 0.729. The van der Waals surface area contributed by atoms with E-state index in [1.54, 1.807) is 19.0 Å². The Bertz CT molecular complexity index is 258. The van der Waals surface area contributed by atoms with Gasteiger partial charge in [-0.3, -0.25) is 9.59 Å². The summed E-state index contributed by atoms with van der Waals surface area (Å²) in [6, 6.07) is 0. The fourth-order valence-electron chi connectivity index (χ4n) is 1.04. The van der Waals surface area contributed by atoms with E-state index >= 15 is 0 Å². The second-order valence-electron chi connectivity index (χ2n) is 5.27. The fraction of sp³-hybridized carbons (Fsp3) is 0.857. The first-order valence-corrected chi connectivity index (χ1v) is 6.43. The van der Waals surface area contributed by atoms with E-state index in [0.29, 0.717) is 0 Å². The van der Waals surface area contributed by atoms with Gasteiger partial charge in [0.2, 0.25) is 5.91 Å². The number of carbonyl (C=O) groups is 2. The van der Waals surface area contributed by atoms with Gasteiger partial charge in [-0.2, -0.15) is 0 Å². The van der Waals surface area contributed by atoms with Crippen LogP contribution in [-0.4, -0.2) is 38.0 Å². The molecule has 0 aromatic heterocycles. The first-order chi connectivity index (χ1) is 8.13. The molecule has 0 heterocycles. The number of nitrogens with zero attached hydrogens (tertiary/aromatic N) is 1. The second kappa shape index (κ2) is 8.95. The van der Waals surface area contributed by atoms with Gasteiger partial charge in [0.05, 0.1) is 12.5 Å². The Morgan fingerprint density at radius 2 is 1.67 bits per heavy atom. The summed E-state index contributed by atoms with van der Waals surface area (Å²) < 4.78 is 4.57. The predicted molar refractivity (Wildman–Crippen MR) is 74.2 cm³/mol. The van der Waals surface area contributed by atoms with E-state index in [4.69, 9.17) is 0 Å². The van der Waals surface area contributed by atoms with Crippen molar-refractivity contribution in [3.8, 4) is 0 Å². The zero-order chi connectivity index (χ0) is 14.9. The maximum atomic E-state index is 11.0. The largest absolute Gasteiger partial charge is 0.469 e. The van der Waals surface area contributed by atoms with E-state index in [9.17, 15) is 9.59 Å². The zero-order valence-electron chi connectivity index (χ0n) is 13.2. The summed E-state index contributed by atoms with van der Waals surface area (Å²) in [5.74, 6) is 0.266. The molecule has 0 aliphatic rings. The first-order valence-electron chi connectivity index (χ1n) is 6.43. The standard InChI is InChI=1S/C7H15NO.C7H14O2/c1-5-6(2)7(9)8(3)4;1-5-7(2,3)6(8)9-4/h6H,5H2,1-4H3;5H2,1-4H3. The van der Waals surface area contributed by atoms with Gasteiger partial charge >= 0.3 is 5.97 Å². The highest BCUT2D eigenvalue weighted by molar-refractivity contribution is 5.77. The number of esters is 1. The van der Waals surface area contributed by atoms with Crippen molar-refractivity contribution in [3.63, 3.8) is 0 Å². The Kier molecular flexibility index (Phi) is 9.59. The molecule has 0 saturated carbocycles. The van der Waals surface area contributed by atoms with Crippen LogP contribution in [0, 0.1) is 11.3 Å². The minimum Gasteiger partial charge on any atom is -0.469 e. The molecule has 108 valence electrons. The van der Waals surface area contributed by atoms with Crippen molar-refractivity contribution in [1.82, 2.24) is 4.90 Å². The molecule has 0 radical (unpaired) electrons. The van der Waals surface area contributed by atoms with Crippen LogP contribution in [-0.2, 0) is 14.3 Å². The number of hydrogen-bond acceptors (Lipinski definition) is 3. The first kappa shape index (κ1) is 19.3. The Morgan fingerprint density at radius 3 is 1.78 bits per heavy atom. The van der Waals surface area contributed by atoms with Gasteiger partial charge in [-0.1, -0.05) is 20.8 Å². The maximum Gasteiger partial charge on any atom is 0.311 e. The molecular weight excluding hydrogens is 230 g/mol. The lowest BCUT2D eigenvalue weighted by Crippen LogP contribution is -2.27. The van der Waals surface area contributed by atoms with Gasteiger partial charge in [0.25, 0.3) is 0 Å². The molecule has 0 aliphatic heterocycles. The number of rotatable bonds is 4. The number of methoxy groups -OCH3 is 1. The highest BCUT2D eigenvalue weighted by Gasteiger charge is 2.25. The minimum atomic E-state index is -0.311. The molecule has 0 rings (SSSR count). The average Bonchev–Trinajstić information content (AvgIpc) is 2.36. The Morgan fingerprint density at radius 1 is 1.22 bits per heavy atom. The van der Waals surface area contributed by atoms with Crippen LogP contribution in [0.4, 0.5) is 0 Å². The molecular formula is C14H29NO3. The van der Waals surface area contributed by atoms with Gasteiger partial charge in [0.1, 0.15) is 0 Å². The van der Waals surface area contributed by atoms with Crippen LogP contribution in [0.25, 0.3) is 0 Å². The van der Waals surface area contributed by atoms with Crippen molar-refractivity contribution in [2.45, 2.75) is 47.5 Å². The van der Waals surface area contributed by atoms with Crippen molar-refractivity contribution in [2.24, 2.45) is 11.3 Å². The van der Waals surface area contributed by atoms with Crippen molar-refractivity contribution in [3.05, 3.63) is 0 Å². The Hall–Kier alpha value is -1.06. The van der Waals surface area contributed by atoms with Gasteiger partial charge in [0.15, 0.2) is 0 Å². The number of carbonyl (C=O) groups excluding carboxylic acids is 2. The normalized spacial score (nSPS) is 12.0. The van der Waals surface area contributed by atoms with Crippen molar-refractivity contribution < 1.29 is 14.3 Å². The highest BCUT2D eigenvalue weighted by Crippen LogP contribution is 2.20. The summed E-state index contributed by atoms with van der Waals surface area (Å²) in [4.78, 5) is 23.5. The Labute approximate surface area is 112 Å². The van der Waals surface area contributed by atoms with Gasteiger partial charge in [-0.25, -0.2) is 0 Å². The van der Waals surface area contributed by atoms with Crippen molar-refractivity contribution >= 4 is 11.9 Å². The molecule has 0 N–H and O–H groups in total. The summed E-state index contributed by atoms with van der Waals surface area (Å²) in [7, 11) is 4.99. The summed E-state index contributed by atoms with van der Waals surface area (Å²) >= 11 is 0. The molecule has 0 aromatic rings. The molecule has 0 spiro atoms. The van der Waals surface area contributed by atoms with E-state index < -0.39 is 0 Å². The SMILES string of the molecule is CCC(C)(C)C(=O)OC.CCC(C)C(=O)N(C)C. The second-order valence-corrected chi connectivity index (χ2v) is 5.27. The molecule has 0 saturated heterocycles. The summed E-state index contributed by atoms with van der Waals surface area (Å²) in [6.45, 7) is 9.68. The van der Waals surface area contributed by atoms with E-state index in [0.717, 1.165) is 12.8 Å². The highest BCUT2D eigenvalue weighted by atomic mass is 16.5. The van der Waals surface area contributed by atoms with Crippen LogP contribution >= 0.6 is 0 Å². The number of ether oxygens (including phenoxy) is 1. The summed E-state index contributed by atoms with van der Waals surface area (Å²) in [6.07, 6.45) is 1.75. The lowest BCUT2D eigenvalue weighted by molar-refractivity contribution is -0.150. The monoisotopic (exact) mass is 259 g/mol. The molecule has 4 heteroatoms. The van der Waals surface area contributed by atoms with E-state index in [1.165, 1.54) is 7.11 Å². The van der Waals surface area contributed by atoms with Crippen LogP contribution < -0.4 is 0 Å². The third-order valence-electron chi connectivity index (χ3n) is 3.10. The smallest absolute Gasteiger partial charge is 0.311 e. The molecule has 1 atom stereocenters. The van der Waals surface area contributed by atoms with Gasteiger partial charge in [-0.05, 0) is 26.7 Å². The van der Waals surface area contributed by atoms with Gasteiger partial charge < -0.3 is 9.64 Å². The van der Waals surface area contributed by atoms with Crippen LogP contribution in [0.3, 0.4) is 0 Å². The third kappa shape index (κ3) is 7.30. The van der Waals surface area contributed by atoms with Crippen LogP contribution in [0.1, 0.15) is 47.5 Å². The van der Waals surface area contributed by atoms with Crippen LogP contribution in [0.15, 0.2) is 0 Å². The lowest BCUT2D eigenvalue weighted by Gasteiger charge is -2.17. The van der Waals surface area contributed by atoms with E-state index in [-0.39, 0.29) is 23.2 Å². The molecule has 0 aromatic carbocycles. The molecule has 0 aliphatic carbocycles. The topological polar surface area (TPSA) is 46.6 Å². The number of hydrogen-bond donors (Lipinski definition) is 0. The minimum absolute atomic E-state index is 0.134. The zero-order valence-corrected chi connectivity index (χ0v) is 13.2. The summed E-state index contributed by atoms with van der Waals surface area (Å²) in [5.41, 5.74) is -0.311. The molecule has 1 unspecified atom stereocenters. The molecule has 1 amide bonds. The predicted octanol–water partition coefficient (Wildman–Crippen LogP) is 2.72. The Balaban J connectivity index is 0. The molecule has 0 fully saturated rings. The van der Waals surface area contributed by atoms with E-state index in [2.05, 4.69) is 4.74 Å².